The molecule has 0 spiro atoms. The summed E-state index contributed by atoms with van der Waals surface area (Å²) in [5.41, 5.74) is 1.54. The molecule has 0 fully saturated rings. The van der Waals surface area contributed by atoms with Gasteiger partial charge in [0.1, 0.15) is 6.04 Å². The average molecular weight is 249 g/mol. The number of carbonyl (C=O) groups is 2. The van der Waals surface area contributed by atoms with Crippen LogP contribution in [0.3, 0.4) is 0 Å². The van der Waals surface area contributed by atoms with Crippen LogP contribution in [0.15, 0.2) is 24.3 Å². The Morgan fingerprint density at radius 3 is 2.28 bits per heavy atom. The molecule has 2 atom stereocenters. The van der Waals surface area contributed by atoms with Crippen molar-refractivity contribution in [2.75, 3.05) is 0 Å². The van der Waals surface area contributed by atoms with E-state index in [0.717, 1.165) is 5.56 Å². The van der Waals surface area contributed by atoms with Crippen molar-refractivity contribution >= 4 is 11.9 Å². The van der Waals surface area contributed by atoms with E-state index in [-0.39, 0.29) is 11.8 Å². The lowest BCUT2D eigenvalue weighted by molar-refractivity contribution is -0.140. The molecule has 0 unspecified atom stereocenters. The fourth-order valence-electron chi connectivity index (χ4n) is 1.61. The van der Waals surface area contributed by atoms with Gasteiger partial charge in [-0.3, -0.25) is 4.79 Å². The van der Waals surface area contributed by atoms with Crippen LogP contribution in [-0.4, -0.2) is 23.0 Å². The second kappa shape index (κ2) is 6.19. The van der Waals surface area contributed by atoms with E-state index in [4.69, 9.17) is 5.11 Å². The van der Waals surface area contributed by atoms with Crippen molar-refractivity contribution in [3.63, 3.8) is 0 Å². The van der Waals surface area contributed by atoms with E-state index in [0.29, 0.717) is 12.0 Å². The van der Waals surface area contributed by atoms with Crippen LogP contribution in [0.5, 0.6) is 0 Å². The molecule has 1 amide bonds. The van der Waals surface area contributed by atoms with Crippen molar-refractivity contribution < 1.29 is 14.7 Å². The van der Waals surface area contributed by atoms with Gasteiger partial charge in [-0.1, -0.05) is 38.0 Å². The molecule has 0 radical (unpaired) electrons. The first kappa shape index (κ1) is 14.2. The summed E-state index contributed by atoms with van der Waals surface area (Å²) < 4.78 is 0. The number of hydrogen-bond acceptors (Lipinski definition) is 2. The van der Waals surface area contributed by atoms with E-state index < -0.39 is 12.0 Å². The van der Waals surface area contributed by atoms with Gasteiger partial charge in [-0.2, -0.15) is 0 Å². The molecule has 4 nitrogen and oxygen atoms in total. The predicted molar refractivity (Wildman–Crippen MR) is 69.5 cm³/mol. The average Bonchev–Trinajstić information content (AvgIpc) is 2.35. The van der Waals surface area contributed by atoms with Crippen LogP contribution < -0.4 is 5.32 Å². The molecule has 0 saturated heterocycles. The monoisotopic (exact) mass is 249 g/mol. The van der Waals surface area contributed by atoms with Gasteiger partial charge in [-0.05, 0) is 25.0 Å². The molecular formula is C14H19NO3. The SMILES string of the molecule is CC[C@@H](C)[C@@H](NC(=O)c1ccc(C)cc1)C(=O)O. The van der Waals surface area contributed by atoms with Crippen LogP contribution in [0.2, 0.25) is 0 Å². The van der Waals surface area contributed by atoms with Crippen molar-refractivity contribution in [3.05, 3.63) is 35.4 Å². The van der Waals surface area contributed by atoms with Crippen molar-refractivity contribution in [1.29, 1.82) is 0 Å². The zero-order chi connectivity index (χ0) is 13.7. The van der Waals surface area contributed by atoms with Gasteiger partial charge in [-0.15, -0.1) is 0 Å². The third-order valence-corrected chi connectivity index (χ3v) is 3.08. The van der Waals surface area contributed by atoms with E-state index in [9.17, 15) is 9.59 Å². The number of hydrogen-bond donors (Lipinski definition) is 2. The first-order valence-corrected chi connectivity index (χ1v) is 6.06. The summed E-state index contributed by atoms with van der Waals surface area (Å²) in [5, 5.41) is 11.7. The highest BCUT2D eigenvalue weighted by Crippen LogP contribution is 2.10. The van der Waals surface area contributed by atoms with Crippen molar-refractivity contribution in [2.45, 2.75) is 33.2 Å². The smallest absolute Gasteiger partial charge is 0.326 e. The van der Waals surface area contributed by atoms with Crippen LogP contribution in [0.25, 0.3) is 0 Å². The summed E-state index contributed by atoms with van der Waals surface area (Å²) in [6, 6.07) is 6.20. The van der Waals surface area contributed by atoms with Crippen LogP contribution >= 0.6 is 0 Å². The molecular weight excluding hydrogens is 230 g/mol. The highest BCUT2D eigenvalue weighted by atomic mass is 16.4. The lowest BCUT2D eigenvalue weighted by Crippen LogP contribution is -2.45. The quantitative estimate of drug-likeness (QED) is 0.841. The number of benzene rings is 1. The Morgan fingerprint density at radius 2 is 1.83 bits per heavy atom. The predicted octanol–water partition coefficient (Wildman–Crippen LogP) is 2.22. The van der Waals surface area contributed by atoms with Crippen molar-refractivity contribution in [2.24, 2.45) is 5.92 Å². The van der Waals surface area contributed by atoms with Crippen LogP contribution in [-0.2, 0) is 4.79 Å². The molecule has 4 heteroatoms. The van der Waals surface area contributed by atoms with Crippen molar-refractivity contribution in [3.8, 4) is 0 Å². The van der Waals surface area contributed by atoms with E-state index >= 15 is 0 Å². The van der Waals surface area contributed by atoms with Gasteiger partial charge in [-0.25, -0.2) is 4.79 Å². The third-order valence-electron chi connectivity index (χ3n) is 3.08. The van der Waals surface area contributed by atoms with Gasteiger partial charge in [0.2, 0.25) is 0 Å². The summed E-state index contributed by atoms with van der Waals surface area (Å²) in [7, 11) is 0. The lowest BCUT2D eigenvalue weighted by atomic mass is 9.99. The molecule has 98 valence electrons. The molecule has 0 aliphatic rings. The van der Waals surface area contributed by atoms with Gasteiger partial charge in [0.25, 0.3) is 5.91 Å². The summed E-state index contributed by atoms with van der Waals surface area (Å²) in [4.78, 5) is 23.0. The second-order valence-corrected chi connectivity index (χ2v) is 4.54. The molecule has 0 aromatic heterocycles. The number of nitrogens with one attached hydrogen (secondary N) is 1. The van der Waals surface area contributed by atoms with E-state index in [1.54, 1.807) is 12.1 Å². The number of rotatable bonds is 5. The van der Waals surface area contributed by atoms with Gasteiger partial charge in [0.05, 0.1) is 0 Å². The Labute approximate surface area is 107 Å². The minimum absolute atomic E-state index is 0.100. The number of carboxylic acids is 1. The summed E-state index contributed by atoms with van der Waals surface area (Å²) >= 11 is 0. The molecule has 1 rings (SSSR count). The van der Waals surface area contributed by atoms with Crippen molar-refractivity contribution in [1.82, 2.24) is 5.32 Å². The molecule has 0 saturated carbocycles. The number of aliphatic carboxylic acids is 1. The fraction of sp³-hybridized carbons (Fsp3) is 0.429. The standard InChI is InChI=1S/C14H19NO3/c1-4-10(3)12(14(17)18)15-13(16)11-7-5-9(2)6-8-11/h5-8,10,12H,4H2,1-3H3,(H,15,16)(H,17,18)/t10-,12-/m1/s1. The maximum atomic E-state index is 11.9. The zero-order valence-corrected chi connectivity index (χ0v) is 10.9. The Morgan fingerprint density at radius 1 is 1.28 bits per heavy atom. The Balaban J connectivity index is 2.78. The van der Waals surface area contributed by atoms with Crippen LogP contribution in [0.4, 0.5) is 0 Å². The van der Waals surface area contributed by atoms with Crippen LogP contribution in [0, 0.1) is 12.8 Å². The number of amides is 1. The first-order chi connectivity index (χ1) is 8.45. The molecule has 0 bridgehead atoms. The van der Waals surface area contributed by atoms with Gasteiger partial charge in [0.15, 0.2) is 0 Å². The summed E-state index contributed by atoms with van der Waals surface area (Å²) in [6.45, 7) is 5.65. The topological polar surface area (TPSA) is 66.4 Å². The number of carboxylic acid groups (broad SMARTS) is 1. The normalized spacial score (nSPS) is 13.7. The van der Waals surface area contributed by atoms with E-state index in [1.807, 2.05) is 32.9 Å². The lowest BCUT2D eigenvalue weighted by Gasteiger charge is -2.20. The summed E-state index contributed by atoms with van der Waals surface area (Å²) in [6.07, 6.45) is 0.700. The number of carbonyl (C=O) groups excluding carboxylic acids is 1. The molecule has 0 aliphatic heterocycles. The molecule has 2 N–H and O–H groups in total. The Bertz CT molecular complexity index is 425. The fourth-order valence-corrected chi connectivity index (χ4v) is 1.61. The molecule has 18 heavy (non-hydrogen) atoms. The van der Waals surface area contributed by atoms with Crippen LogP contribution in [0.1, 0.15) is 36.2 Å². The minimum atomic E-state index is -0.996. The minimum Gasteiger partial charge on any atom is -0.480 e. The summed E-state index contributed by atoms with van der Waals surface area (Å²) in [5.74, 6) is -1.44. The van der Waals surface area contributed by atoms with Gasteiger partial charge in [0, 0.05) is 5.56 Å². The maximum Gasteiger partial charge on any atom is 0.326 e. The van der Waals surface area contributed by atoms with Gasteiger partial charge >= 0.3 is 5.97 Å². The Kier molecular flexibility index (Phi) is 4.89. The molecule has 1 aromatic carbocycles. The van der Waals surface area contributed by atoms with E-state index in [1.165, 1.54) is 0 Å². The molecule has 0 heterocycles. The maximum absolute atomic E-state index is 11.9. The largest absolute Gasteiger partial charge is 0.480 e. The molecule has 0 aliphatic carbocycles. The first-order valence-electron chi connectivity index (χ1n) is 6.06. The number of aryl methyl sites for hydroxylation is 1. The zero-order valence-electron chi connectivity index (χ0n) is 10.9. The third kappa shape index (κ3) is 3.58. The van der Waals surface area contributed by atoms with E-state index in [2.05, 4.69) is 5.32 Å². The second-order valence-electron chi connectivity index (χ2n) is 4.54. The van der Waals surface area contributed by atoms with Gasteiger partial charge < -0.3 is 10.4 Å². The highest BCUT2D eigenvalue weighted by Gasteiger charge is 2.25. The molecule has 1 aromatic rings. The Hall–Kier alpha value is -1.84. The highest BCUT2D eigenvalue weighted by molar-refractivity contribution is 5.96.